The van der Waals surface area contributed by atoms with E-state index in [1.54, 1.807) is 18.2 Å². The number of nitrogens with two attached hydrogens (primary N) is 1. The third kappa shape index (κ3) is 2.83. The number of aromatic nitrogens is 2. The summed E-state index contributed by atoms with van der Waals surface area (Å²) in [7, 11) is 0. The Labute approximate surface area is 156 Å². The summed E-state index contributed by atoms with van der Waals surface area (Å²) in [5.41, 5.74) is 8.73. The maximum absolute atomic E-state index is 13.2. The molecule has 3 N–H and O–H groups in total. The Bertz CT molecular complexity index is 1230. The monoisotopic (exact) mass is 362 g/mol. The number of aryl methyl sites for hydroxylation is 1. The van der Waals surface area contributed by atoms with Crippen LogP contribution in [0.25, 0.3) is 27.9 Å². The Morgan fingerprint density at radius 2 is 1.85 bits per heavy atom. The molecule has 4 rings (SSSR count). The van der Waals surface area contributed by atoms with Gasteiger partial charge in [0, 0.05) is 11.2 Å². The Balaban J connectivity index is 2.11. The largest absolute Gasteiger partial charge is 0.440 e. The molecule has 0 bridgehead atoms. The molecular formula is C21H22N4O2. The number of nitrogen functional groups attached to an aromatic ring is 1. The molecule has 0 fully saturated rings. The van der Waals surface area contributed by atoms with E-state index in [1.807, 2.05) is 35.6 Å². The molecule has 138 valence electrons. The van der Waals surface area contributed by atoms with Gasteiger partial charge in [-0.05, 0) is 52.0 Å². The Hall–Kier alpha value is -3.28. The summed E-state index contributed by atoms with van der Waals surface area (Å²) in [5, 5.41) is 3.96. The molecule has 0 aliphatic carbocycles. The number of rotatable bonds is 2. The normalized spacial score (nSPS) is 12.0. The fourth-order valence-electron chi connectivity index (χ4n) is 3.28. The predicted octanol–water partition coefficient (Wildman–Crippen LogP) is 4.21. The minimum Gasteiger partial charge on any atom is -0.440 e. The first kappa shape index (κ1) is 17.1. The van der Waals surface area contributed by atoms with Crippen molar-refractivity contribution in [2.75, 3.05) is 11.1 Å². The molecule has 4 aromatic rings. The van der Waals surface area contributed by atoms with Gasteiger partial charge in [0.1, 0.15) is 28.3 Å². The average Bonchev–Trinajstić information content (AvgIpc) is 2.93. The van der Waals surface area contributed by atoms with Crippen LogP contribution in [-0.4, -0.2) is 14.9 Å². The summed E-state index contributed by atoms with van der Waals surface area (Å²) in [6, 6.07) is 12.9. The van der Waals surface area contributed by atoms with E-state index in [-0.39, 0.29) is 22.4 Å². The number of nitrogens with one attached hydrogen (secondary N) is 1. The fraction of sp³-hybridized carbons (Fsp3) is 0.238. The van der Waals surface area contributed by atoms with Crippen LogP contribution in [0.4, 0.5) is 11.7 Å². The molecule has 1 aromatic carbocycles. The van der Waals surface area contributed by atoms with Gasteiger partial charge in [-0.25, -0.2) is 4.98 Å². The second-order valence-corrected chi connectivity index (χ2v) is 7.71. The topological polar surface area (TPSA) is 85.6 Å². The van der Waals surface area contributed by atoms with Crippen molar-refractivity contribution in [3.63, 3.8) is 0 Å². The molecule has 0 spiro atoms. The first-order valence-corrected chi connectivity index (χ1v) is 8.84. The highest BCUT2D eigenvalue weighted by Gasteiger charge is 2.25. The summed E-state index contributed by atoms with van der Waals surface area (Å²) in [4.78, 5) is 17.9. The predicted molar refractivity (Wildman–Crippen MR) is 109 cm³/mol. The number of hydrogen-bond donors (Lipinski definition) is 2. The summed E-state index contributed by atoms with van der Waals surface area (Å²) in [6.07, 6.45) is 0. The highest BCUT2D eigenvalue weighted by molar-refractivity contribution is 5.89. The number of anilines is 2. The van der Waals surface area contributed by atoms with Gasteiger partial charge in [-0.2, -0.15) is 0 Å². The summed E-state index contributed by atoms with van der Waals surface area (Å²) in [6.45, 7) is 8.17. The van der Waals surface area contributed by atoms with Crippen LogP contribution in [0.2, 0.25) is 0 Å². The maximum Gasteiger partial charge on any atom is 0.204 e. The van der Waals surface area contributed by atoms with Crippen molar-refractivity contribution in [3.05, 3.63) is 58.4 Å². The van der Waals surface area contributed by atoms with Crippen LogP contribution in [0.1, 0.15) is 26.5 Å². The summed E-state index contributed by atoms with van der Waals surface area (Å²) in [5.74, 6) is 0.793. The number of benzene rings is 1. The molecule has 0 saturated carbocycles. The first-order valence-electron chi connectivity index (χ1n) is 8.84. The Morgan fingerprint density at radius 1 is 1.11 bits per heavy atom. The number of para-hydroxylation sites is 1. The third-order valence-electron chi connectivity index (χ3n) is 4.39. The number of hydrogen-bond acceptors (Lipinski definition) is 5. The zero-order valence-corrected chi connectivity index (χ0v) is 15.8. The summed E-state index contributed by atoms with van der Waals surface area (Å²) < 4.78 is 7.73. The molecule has 6 nitrogen and oxygen atoms in total. The van der Waals surface area contributed by atoms with Crippen molar-refractivity contribution in [2.45, 2.75) is 33.2 Å². The second kappa shape index (κ2) is 5.87. The van der Waals surface area contributed by atoms with E-state index in [9.17, 15) is 4.79 Å². The number of fused-ring (bicyclic) bond motifs is 2. The quantitative estimate of drug-likeness (QED) is 0.558. The molecule has 0 amide bonds. The summed E-state index contributed by atoms with van der Waals surface area (Å²) >= 11 is 0. The Morgan fingerprint density at radius 3 is 2.59 bits per heavy atom. The lowest BCUT2D eigenvalue weighted by molar-refractivity contribution is 0.624. The van der Waals surface area contributed by atoms with Crippen LogP contribution < -0.4 is 16.5 Å². The highest BCUT2D eigenvalue weighted by atomic mass is 16.3. The molecule has 6 heteroatoms. The van der Waals surface area contributed by atoms with Gasteiger partial charge >= 0.3 is 0 Å². The molecule has 27 heavy (non-hydrogen) atoms. The van der Waals surface area contributed by atoms with Crippen molar-refractivity contribution in [3.8, 4) is 11.3 Å². The van der Waals surface area contributed by atoms with Gasteiger partial charge in [0.25, 0.3) is 0 Å². The van der Waals surface area contributed by atoms with Gasteiger partial charge in [-0.15, -0.1) is 0 Å². The SMILES string of the molecule is Cc1cccc2nc(-c3c(N)oc4ccccc4c3=O)c(NC(C)(C)C)n12. The lowest BCUT2D eigenvalue weighted by Gasteiger charge is -2.23. The van der Waals surface area contributed by atoms with E-state index < -0.39 is 0 Å². The molecule has 0 atom stereocenters. The van der Waals surface area contributed by atoms with E-state index in [0.29, 0.717) is 16.7 Å². The second-order valence-electron chi connectivity index (χ2n) is 7.71. The first-order chi connectivity index (χ1) is 12.8. The van der Waals surface area contributed by atoms with Gasteiger partial charge in [0.15, 0.2) is 0 Å². The minimum absolute atomic E-state index is 0.0664. The standard InChI is InChI=1S/C21H22N4O2/c1-12-8-7-11-15-23-17(20(25(12)15)24-21(2,3)4)16-18(26)13-9-5-6-10-14(13)27-19(16)22/h5-11,24H,22H2,1-4H3. The molecule has 0 unspecified atom stereocenters. The molecule has 0 aliphatic heterocycles. The van der Waals surface area contributed by atoms with Gasteiger partial charge in [0.2, 0.25) is 11.3 Å². The average molecular weight is 362 g/mol. The van der Waals surface area contributed by atoms with Crippen molar-refractivity contribution < 1.29 is 4.42 Å². The van der Waals surface area contributed by atoms with E-state index in [4.69, 9.17) is 15.1 Å². The van der Waals surface area contributed by atoms with Crippen LogP contribution in [0.5, 0.6) is 0 Å². The smallest absolute Gasteiger partial charge is 0.204 e. The van der Waals surface area contributed by atoms with Crippen LogP contribution in [-0.2, 0) is 0 Å². The van der Waals surface area contributed by atoms with Gasteiger partial charge in [-0.1, -0.05) is 18.2 Å². The zero-order valence-electron chi connectivity index (χ0n) is 15.8. The van der Waals surface area contributed by atoms with Gasteiger partial charge in [-0.3, -0.25) is 9.20 Å². The fourth-order valence-corrected chi connectivity index (χ4v) is 3.28. The number of pyridine rings is 1. The van der Waals surface area contributed by atoms with Crippen molar-refractivity contribution >= 4 is 28.3 Å². The Kier molecular flexibility index (Phi) is 3.73. The van der Waals surface area contributed by atoms with E-state index in [2.05, 4.69) is 26.1 Å². The number of nitrogens with zero attached hydrogens (tertiary/aromatic N) is 2. The molecule has 0 saturated heterocycles. The van der Waals surface area contributed by atoms with Gasteiger partial charge in [0.05, 0.1) is 5.39 Å². The molecule has 0 radical (unpaired) electrons. The lowest BCUT2D eigenvalue weighted by Crippen LogP contribution is -2.27. The number of imidazole rings is 1. The van der Waals surface area contributed by atoms with E-state index in [1.165, 1.54) is 0 Å². The third-order valence-corrected chi connectivity index (χ3v) is 4.39. The van der Waals surface area contributed by atoms with Crippen molar-refractivity contribution in [1.82, 2.24) is 9.38 Å². The maximum atomic E-state index is 13.2. The zero-order chi connectivity index (χ0) is 19.3. The van der Waals surface area contributed by atoms with Crippen LogP contribution in [0.15, 0.2) is 51.7 Å². The van der Waals surface area contributed by atoms with Crippen LogP contribution in [0.3, 0.4) is 0 Å². The molecule has 3 heterocycles. The van der Waals surface area contributed by atoms with Crippen LogP contribution >= 0.6 is 0 Å². The van der Waals surface area contributed by atoms with Crippen molar-refractivity contribution in [2.24, 2.45) is 0 Å². The minimum atomic E-state index is -0.237. The highest BCUT2D eigenvalue weighted by Crippen LogP contribution is 2.34. The van der Waals surface area contributed by atoms with E-state index in [0.717, 1.165) is 17.2 Å². The van der Waals surface area contributed by atoms with Gasteiger partial charge < -0.3 is 15.5 Å². The molecule has 3 aromatic heterocycles. The lowest BCUT2D eigenvalue weighted by atomic mass is 10.1. The molecule has 0 aliphatic rings. The van der Waals surface area contributed by atoms with Crippen molar-refractivity contribution in [1.29, 1.82) is 0 Å². The van der Waals surface area contributed by atoms with E-state index >= 15 is 0 Å². The molecular weight excluding hydrogens is 340 g/mol. The van der Waals surface area contributed by atoms with Crippen LogP contribution in [0, 0.1) is 6.92 Å².